The Morgan fingerprint density at radius 1 is 1.44 bits per heavy atom. The molecule has 2 rings (SSSR count). The van der Waals surface area contributed by atoms with Crippen molar-refractivity contribution in [2.24, 2.45) is 0 Å². The fourth-order valence-corrected chi connectivity index (χ4v) is 1.87. The lowest BCUT2D eigenvalue weighted by molar-refractivity contribution is 0.0741. The summed E-state index contributed by atoms with van der Waals surface area (Å²) in [7, 11) is 0. The Morgan fingerprint density at radius 3 is 2.69 bits per heavy atom. The third kappa shape index (κ3) is 2.81. The van der Waals surface area contributed by atoms with Crippen LogP contribution < -0.4 is 0 Å². The van der Waals surface area contributed by atoms with Crippen LogP contribution in [-0.2, 0) is 0 Å². The first-order chi connectivity index (χ1) is 7.79. The number of likely N-dealkylation sites (tertiary alicyclic amines) is 1. The Hall–Kier alpha value is -1.38. The van der Waals surface area contributed by atoms with Gasteiger partial charge >= 0.3 is 0 Å². The van der Waals surface area contributed by atoms with Gasteiger partial charge in [0.1, 0.15) is 5.69 Å². The molecule has 1 saturated heterocycles. The van der Waals surface area contributed by atoms with E-state index in [1.165, 1.54) is 0 Å². The SMILES string of the molecule is CC.CC1CCCN1C(=O)c1ccccn1. The molecule has 3 nitrogen and oxygen atoms in total. The van der Waals surface area contributed by atoms with Gasteiger partial charge in [-0.05, 0) is 31.9 Å². The first kappa shape index (κ1) is 12.7. The van der Waals surface area contributed by atoms with Gasteiger partial charge in [-0.15, -0.1) is 0 Å². The molecule has 1 aliphatic rings. The van der Waals surface area contributed by atoms with E-state index in [-0.39, 0.29) is 5.91 Å². The van der Waals surface area contributed by atoms with E-state index in [0.29, 0.717) is 11.7 Å². The van der Waals surface area contributed by atoms with Crippen molar-refractivity contribution in [1.82, 2.24) is 9.88 Å². The average Bonchev–Trinajstić information content (AvgIpc) is 2.78. The summed E-state index contributed by atoms with van der Waals surface area (Å²) in [5.41, 5.74) is 0.557. The summed E-state index contributed by atoms with van der Waals surface area (Å²) in [4.78, 5) is 17.9. The van der Waals surface area contributed by atoms with Crippen LogP contribution in [0.2, 0.25) is 0 Å². The highest BCUT2D eigenvalue weighted by atomic mass is 16.2. The molecule has 1 fully saturated rings. The molecule has 1 aliphatic heterocycles. The quantitative estimate of drug-likeness (QED) is 0.729. The van der Waals surface area contributed by atoms with Crippen molar-refractivity contribution < 1.29 is 4.79 Å². The summed E-state index contributed by atoms with van der Waals surface area (Å²) >= 11 is 0. The fraction of sp³-hybridized carbons (Fsp3) is 0.538. The maximum Gasteiger partial charge on any atom is 0.272 e. The predicted molar refractivity (Wildman–Crippen MR) is 65.3 cm³/mol. The molecule has 0 aromatic carbocycles. The minimum Gasteiger partial charge on any atom is -0.335 e. The minimum absolute atomic E-state index is 0.0654. The van der Waals surface area contributed by atoms with Crippen LogP contribution >= 0.6 is 0 Å². The number of rotatable bonds is 1. The topological polar surface area (TPSA) is 33.2 Å². The highest BCUT2D eigenvalue weighted by Gasteiger charge is 2.26. The van der Waals surface area contributed by atoms with Gasteiger partial charge in [0.05, 0.1) is 0 Å². The highest BCUT2D eigenvalue weighted by Crippen LogP contribution is 2.18. The number of hydrogen-bond donors (Lipinski definition) is 0. The van der Waals surface area contributed by atoms with Crippen LogP contribution in [0.1, 0.15) is 44.1 Å². The molecule has 2 heterocycles. The molecule has 0 radical (unpaired) electrons. The molecular weight excluding hydrogens is 200 g/mol. The molecular formula is C13H20N2O. The van der Waals surface area contributed by atoms with Gasteiger partial charge in [-0.25, -0.2) is 0 Å². The van der Waals surface area contributed by atoms with Gasteiger partial charge in [0.15, 0.2) is 0 Å². The highest BCUT2D eigenvalue weighted by molar-refractivity contribution is 5.92. The molecule has 0 bridgehead atoms. The van der Waals surface area contributed by atoms with Gasteiger partial charge in [0.2, 0.25) is 0 Å². The number of hydrogen-bond acceptors (Lipinski definition) is 2. The van der Waals surface area contributed by atoms with Crippen LogP contribution in [0, 0.1) is 0 Å². The molecule has 0 N–H and O–H groups in total. The van der Waals surface area contributed by atoms with Crippen molar-refractivity contribution in [3.8, 4) is 0 Å². The minimum atomic E-state index is 0.0654. The number of carbonyl (C=O) groups is 1. The zero-order valence-electron chi connectivity index (χ0n) is 10.3. The van der Waals surface area contributed by atoms with E-state index in [0.717, 1.165) is 19.4 Å². The molecule has 1 unspecified atom stereocenters. The molecule has 16 heavy (non-hydrogen) atoms. The lowest BCUT2D eigenvalue weighted by Gasteiger charge is -2.20. The van der Waals surface area contributed by atoms with E-state index < -0.39 is 0 Å². The van der Waals surface area contributed by atoms with Crippen molar-refractivity contribution in [3.05, 3.63) is 30.1 Å². The van der Waals surface area contributed by atoms with E-state index in [2.05, 4.69) is 11.9 Å². The number of amides is 1. The normalized spacial score (nSPS) is 18.9. The molecule has 3 heteroatoms. The van der Waals surface area contributed by atoms with Crippen molar-refractivity contribution in [3.63, 3.8) is 0 Å². The number of nitrogens with zero attached hydrogens (tertiary/aromatic N) is 2. The first-order valence-corrected chi connectivity index (χ1v) is 6.01. The third-order valence-corrected chi connectivity index (χ3v) is 2.70. The summed E-state index contributed by atoms with van der Waals surface area (Å²) in [6, 6.07) is 5.81. The lowest BCUT2D eigenvalue weighted by Crippen LogP contribution is -2.34. The Balaban J connectivity index is 0.000000606. The van der Waals surface area contributed by atoms with Gasteiger partial charge < -0.3 is 4.90 Å². The van der Waals surface area contributed by atoms with Crippen molar-refractivity contribution >= 4 is 5.91 Å². The zero-order chi connectivity index (χ0) is 12.0. The van der Waals surface area contributed by atoms with Gasteiger partial charge in [0, 0.05) is 18.8 Å². The molecule has 1 atom stereocenters. The molecule has 0 saturated carbocycles. The summed E-state index contributed by atoms with van der Waals surface area (Å²) in [5.74, 6) is 0.0654. The maximum atomic E-state index is 11.9. The van der Waals surface area contributed by atoms with Gasteiger partial charge in [-0.1, -0.05) is 19.9 Å². The van der Waals surface area contributed by atoms with E-state index in [4.69, 9.17) is 0 Å². The Morgan fingerprint density at radius 2 is 2.19 bits per heavy atom. The van der Waals surface area contributed by atoms with Crippen LogP contribution in [0.4, 0.5) is 0 Å². The Bertz CT molecular complexity index is 324. The molecule has 0 aliphatic carbocycles. The average molecular weight is 220 g/mol. The van der Waals surface area contributed by atoms with E-state index in [9.17, 15) is 4.79 Å². The molecule has 1 amide bonds. The van der Waals surface area contributed by atoms with Crippen LogP contribution in [0.25, 0.3) is 0 Å². The van der Waals surface area contributed by atoms with Gasteiger partial charge in [-0.2, -0.15) is 0 Å². The fourth-order valence-electron chi connectivity index (χ4n) is 1.87. The number of aromatic nitrogens is 1. The Labute approximate surface area is 97.5 Å². The maximum absolute atomic E-state index is 11.9. The van der Waals surface area contributed by atoms with Crippen LogP contribution in [0.15, 0.2) is 24.4 Å². The van der Waals surface area contributed by atoms with E-state index in [1.807, 2.05) is 30.9 Å². The second-order valence-electron chi connectivity index (χ2n) is 3.70. The number of pyridine rings is 1. The largest absolute Gasteiger partial charge is 0.335 e. The summed E-state index contributed by atoms with van der Waals surface area (Å²) in [5, 5.41) is 0. The van der Waals surface area contributed by atoms with Gasteiger partial charge in [0.25, 0.3) is 5.91 Å². The predicted octanol–water partition coefficient (Wildman–Crippen LogP) is 2.73. The first-order valence-electron chi connectivity index (χ1n) is 6.01. The molecule has 88 valence electrons. The van der Waals surface area contributed by atoms with Crippen molar-refractivity contribution in [2.75, 3.05) is 6.54 Å². The van der Waals surface area contributed by atoms with E-state index in [1.54, 1.807) is 12.3 Å². The molecule has 1 aromatic rings. The zero-order valence-corrected chi connectivity index (χ0v) is 10.3. The standard InChI is InChI=1S/C11H14N2O.C2H6/c1-9-5-4-8-13(9)11(14)10-6-2-3-7-12-10;1-2/h2-3,6-7,9H,4-5,8H2,1H3;1-2H3. The van der Waals surface area contributed by atoms with Crippen LogP contribution in [0.3, 0.4) is 0 Å². The van der Waals surface area contributed by atoms with Crippen LogP contribution in [0.5, 0.6) is 0 Å². The van der Waals surface area contributed by atoms with Crippen LogP contribution in [-0.4, -0.2) is 28.4 Å². The molecule has 0 spiro atoms. The Kier molecular flexibility index (Phi) is 4.96. The summed E-state index contributed by atoms with van der Waals surface area (Å²) in [6.07, 6.45) is 3.88. The third-order valence-electron chi connectivity index (χ3n) is 2.70. The molecule has 1 aromatic heterocycles. The van der Waals surface area contributed by atoms with Crippen molar-refractivity contribution in [1.29, 1.82) is 0 Å². The van der Waals surface area contributed by atoms with Gasteiger partial charge in [-0.3, -0.25) is 9.78 Å². The van der Waals surface area contributed by atoms with E-state index >= 15 is 0 Å². The summed E-state index contributed by atoms with van der Waals surface area (Å²) < 4.78 is 0. The number of carbonyl (C=O) groups excluding carboxylic acids is 1. The second-order valence-corrected chi connectivity index (χ2v) is 3.70. The smallest absolute Gasteiger partial charge is 0.272 e. The lowest BCUT2D eigenvalue weighted by atomic mass is 10.2. The van der Waals surface area contributed by atoms with Crippen molar-refractivity contribution in [2.45, 2.75) is 39.7 Å². The summed E-state index contributed by atoms with van der Waals surface area (Å²) in [6.45, 7) is 6.96. The second kappa shape index (κ2) is 6.26. The monoisotopic (exact) mass is 220 g/mol.